The lowest BCUT2D eigenvalue weighted by atomic mass is 9.87. The van der Waals surface area contributed by atoms with E-state index < -0.39 is 17.6 Å². The van der Waals surface area contributed by atoms with Gasteiger partial charge in [-0.2, -0.15) is 0 Å². The third-order valence-corrected chi connectivity index (χ3v) is 4.85. The Hall–Kier alpha value is -3.53. The first-order chi connectivity index (χ1) is 14.4. The van der Waals surface area contributed by atoms with Crippen molar-refractivity contribution in [2.24, 2.45) is 0 Å². The van der Waals surface area contributed by atoms with Gasteiger partial charge in [0.05, 0.1) is 5.56 Å². The maximum absolute atomic E-state index is 15.2. The van der Waals surface area contributed by atoms with Crippen molar-refractivity contribution in [2.45, 2.75) is 20.3 Å². The molecule has 0 fully saturated rings. The molecule has 0 amide bonds. The van der Waals surface area contributed by atoms with Crippen molar-refractivity contribution >= 4 is 23.2 Å². The van der Waals surface area contributed by atoms with Gasteiger partial charge >= 0.3 is 5.97 Å². The number of hydrogen-bond acceptors (Lipinski definition) is 1. The number of aryl methyl sites for hydroxylation is 1. The Morgan fingerprint density at radius 1 is 0.933 bits per heavy atom. The van der Waals surface area contributed by atoms with Gasteiger partial charge in [0.25, 0.3) is 0 Å². The van der Waals surface area contributed by atoms with E-state index >= 15 is 8.78 Å². The Morgan fingerprint density at radius 3 is 2.07 bits per heavy atom. The molecular formula is C26H22F2O2. The molecule has 0 bridgehead atoms. The van der Waals surface area contributed by atoms with Gasteiger partial charge in [-0.1, -0.05) is 67.1 Å². The molecule has 3 aromatic rings. The van der Waals surface area contributed by atoms with Crippen molar-refractivity contribution in [1.82, 2.24) is 0 Å². The second-order valence-electron chi connectivity index (χ2n) is 6.97. The minimum absolute atomic E-state index is 0.118. The molecular weight excluding hydrogens is 382 g/mol. The Kier molecular flexibility index (Phi) is 6.58. The van der Waals surface area contributed by atoms with E-state index in [0.29, 0.717) is 17.6 Å². The van der Waals surface area contributed by atoms with E-state index in [1.165, 1.54) is 6.08 Å². The molecule has 0 heterocycles. The van der Waals surface area contributed by atoms with Crippen LogP contribution in [0.15, 0.2) is 72.8 Å². The molecule has 3 rings (SSSR count). The minimum atomic E-state index is -1.18. The van der Waals surface area contributed by atoms with Gasteiger partial charge in [-0.05, 0) is 59.4 Å². The van der Waals surface area contributed by atoms with Crippen LogP contribution in [0.5, 0.6) is 0 Å². The summed E-state index contributed by atoms with van der Waals surface area (Å²) in [6.07, 6.45) is 2.60. The molecule has 0 aliphatic heterocycles. The van der Waals surface area contributed by atoms with Gasteiger partial charge in [-0.25, -0.2) is 13.6 Å². The van der Waals surface area contributed by atoms with E-state index in [4.69, 9.17) is 5.11 Å². The Labute approximate surface area is 174 Å². The zero-order valence-electron chi connectivity index (χ0n) is 16.8. The fourth-order valence-corrected chi connectivity index (χ4v) is 3.45. The van der Waals surface area contributed by atoms with E-state index in [9.17, 15) is 4.79 Å². The average Bonchev–Trinajstić information content (AvgIpc) is 2.72. The number of halogens is 2. The molecule has 0 radical (unpaired) electrons. The normalized spacial score (nSPS) is 12.1. The standard InChI is InChI=1S/C26H22F2O2/c1-3-21(19-7-5-4-6-8-19)25(20-12-9-17(2)10-13-20)26-22(27)15-18(16-23(26)28)11-14-24(29)30/h4-16H,3H2,1-2H3,(H,29,30)/b14-11+,25-21-. The molecule has 3 aromatic carbocycles. The van der Waals surface area contributed by atoms with Crippen LogP contribution in [0, 0.1) is 18.6 Å². The number of aliphatic carboxylic acids is 1. The summed E-state index contributed by atoms with van der Waals surface area (Å²) in [6, 6.07) is 19.4. The minimum Gasteiger partial charge on any atom is -0.478 e. The summed E-state index contributed by atoms with van der Waals surface area (Å²) in [7, 11) is 0. The van der Waals surface area contributed by atoms with Crippen LogP contribution in [0.1, 0.15) is 41.2 Å². The molecule has 0 unspecified atom stereocenters. The third kappa shape index (κ3) is 4.71. The van der Waals surface area contributed by atoms with Gasteiger partial charge in [-0.15, -0.1) is 0 Å². The second kappa shape index (κ2) is 9.31. The molecule has 0 atom stereocenters. The van der Waals surface area contributed by atoms with E-state index in [0.717, 1.165) is 34.9 Å². The molecule has 152 valence electrons. The molecule has 0 spiro atoms. The predicted octanol–water partition coefficient (Wildman–Crippen LogP) is 6.74. The van der Waals surface area contributed by atoms with Gasteiger partial charge in [0.1, 0.15) is 11.6 Å². The van der Waals surface area contributed by atoms with Gasteiger partial charge in [0.2, 0.25) is 0 Å². The van der Waals surface area contributed by atoms with Gasteiger partial charge in [0, 0.05) is 6.08 Å². The maximum atomic E-state index is 15.2. The van der Waals surface area contributed by atoms with Crippen LogP contribution in [0.4, 0.5) is 8.78 Å². The second-order valence-corrected chi connectivity index (χ2v) is 6.97. The van der Waals surface area contributed by atoms with Crippen molar-refractivity contribution < 1.29 is 18.7 Å². The van der Waals surface area contributed by atoms with Crippen molar-refractivity contribution in [1.29, 1.82) is 0 Å². The molecule has 30 heavy (non-hydrogen) atoms. The monoisotopic (exact) mass is 404 g/mol. The van der Waals surface area contributed by atoms with Crippen molar-refractivity contribution in [3.8, 4) is 0 Å². The van der Waals surface area contributed by atoms with Crippen LogP contribution in [-0.2, 0) is 4.79 Å². The molecule has 4 heteroatoms. The first-order valence-corrected chi connectivity index (χ1v) is 9.66. The lowest BCUT2D eigenvalue weighted by Crippen LogP contribution is -2.02. The summed E-state index contributed by atoms with van der Waals surface area (Å²) in [4.78, 5) is 10.7. The number of carboxylic acid groups (broad SMARTS) is 1. The fourth-order valence-electron chi connectivity index (χ4n) is 3.45. The molecule has 0 saturated heterocycles. The number of allylic oxidation sites excluding steroid dienone is 1. The highest BCUT2D eigenvalue weighted by molar-refractivity contribution is 5.99. The zero-order valence-corrected chi connectivity index (χ0v) is 16.8. The van der Waals surface area contributed by atoms with Gasteiger partial charge < -0.3 is 5.11 Å². The molecule has 0 saturated carbocycles. The summed E-state index contributed by atoms with van der Waals surface area (Å²) in [6.45, 7) is 3.91. The SMILES string of the molecule is CC/C(=C(\c1ccc(C)cc1)c1c(F)cc(/C=C/C(=O)O)cc1F)c1ccccc1. The van der Waals surface area contributed by atoms with Crippen LogP contribution in [0.2, 0.25) is 0 Å². The predicted molar refractivity (Wildman–Crippen MR) is 117 cm³/mol. The highest BCUT2D eigenvalue weighted by Crippen LogP contribution is 2.37. The van der Waals surface area contributed by atoms with Gasteiger partial charge in [0.15, 0.2) is 0 Å². The lowest BCUT2D eigenvalue weighted by molar-refractivity contribution is -0.131. The Balaban J connectivity index is 2.30. The van der Waals surface area contributed by atoms with E-state index in [-0.39, 0.29) is 11.1 Å². The third-order valence-electron chi connectivity index (χ3n) is 4.85. The maximum Gasteiger partial charge on any atom is 0.328 e. The van der Waals surface area contributed by atoms with Crippen molar-refractivity contribution in [2.75, 3.05) is 0 Å². The molecule has 1 N–H and O–H groups in total. The Morgan fingerprint density at radius 2 is 1.53 bits per heavy atom. The van der Waals surface area contributed by atoms with E-state index in [1.54, 1.807) is 0 Å². The summed E-state index contributed by atoms with van der Waals surface area (Å²) in [5, 5.41) is 8.78. The fraction of sp³-hybridized carbons (Fsp3) is 0.115. The first kappa shape index (κ1) is 21.2. The smallest absolute Gasteiger partial charge is 0.328 e. The summed E-state index contributed by atoms with van der Waals surface area (Å²) >= 11 is 0. The van der Waals surface area contributed by atoms with Crippen LogP contribution in [-0.4, -0.2) is 11.1 Å². The molecule has 0 aromatic heterocycles. The highest BCUT2D eigenvalue weighted by Gasteiger charge is 2.21. The van der Waals surface area contributed by atoms with Crippen LogP contribution >= 0.6 is 0 Å². The summed E-state index contributed by atoms with van der Waals surface area (Å²) in [5.74, 6) is -2.66. The molecule has 0 aliphatic rings. The molecule has 0 aliphatic carbocycles. The number of rotatable bonds is 6. The largest absolute Gasteiger partial charge is 0.478 e. The first-order valence-electron chi connectivity index (χ1n) is 9.66. The quantitative estimate of drug-likeness (QED) is 0.365. The van der Waals surface area contributed by atoms with E-state index in [1.807, 2.05) is 68.4 Å². The van der Waals surface area contributed by atoms with Crippen LogP contribution in [0.3, 0.4) is 0 Å². The summed E-state index contributed by atoms with van der Waals surface area (Å²) < 4.78 is 30.4. The number of carbonyl (C=O) groups is 1. The molecule has 2 nitrogen and oxygen atoms in total. The zero-order chi connectivity index (χ0) is 21.7. The number of benzene rings is 3. The van der Waals surface area contributed by atoms with Gasteiger partial charge in [-0.3, -0.25) is 0 Å². The lowest BCUT2D eigenvalue weighted by Gasteiger charge is -2.18. The van der Waals surface area contributed by atoms with Crippen LogP contribution in [0.25, 0.3) is 17.2 Å². The van der Waals surface area contributed by atoms with E-state index in [2.05, 4.69) is 0 Å². The Bertz CT molecular complexity index is 1090. The van der Waals surface area contributed by atoms with Crippen molar-refractivity contribution in [3.63, 3.8) is 0 Å². The van der Waals surface area contributed by atoms with Crippen molar-refractivity contribution in [3.05, 3.63) is 112 Å². The summed E-state index contributed by atoms with van der Waals surface area (Å²) in [5.41, 5.74) is 4.01. The van der Waals surface area contributed by atoms with Crippen LogP contribution < -0.4 is 0 Å². The number of hydrogen-bond donors (Lipinski definition) is 1. The highest BCUT2D eigenvalue weighted by atomic mass is 19.1. The number of carboxylic acids is 1. The topological polar surface area (TPSA) is 37.3 Å². The average molecular weight is 404 g/mol.